The summed E-state index contributed by atoms with van der Waals surface area (Å²) in [6.07, 6.45) is 6.84. The van der Waals surface area contributed by atoms with E-state index in [1.807, 2.05) is 45.3 Å². The molecule has 2 aliphatic carbocycles. The number of hydrogen-bond acceptors (Lipinski definition) is 5. The van der Waals surface area contributed by atoms with E-state index in [1.165, 1.54) is 22.3 Å². The second-order valence-corrected chi connectivity index (χ2v) is 9.12. The van der Waals surface area contributed by atoms with E-state index in [0.717, 1.165) is 54.0 Å². The summed E-state index contributed by atoms with van der Waals surface area (Å²) < 4.78 is 5.47. The second-order valence-electron chi connectivity index (χ2n) is 9.12. The maximum Gasteiger partial charge on any atom is 0.407 e. The third-order valence-electron chi connectivity index (χ3n) is 5.85. The van der Waals surface area contributed by atoms with E-state index >= 15 is 0 Å². The number of hydrogen-bond donors (Lipinski definition) is 1. The maximum atomic E-state index is 12.4. The molecule has 0 saturated carbocycles. The maximum absolute atomic E-state index is 12.4. The molecule has 0 aromatic carbocycles. The van der Waals surface area contributed by atoms with Gasteiger partial charge in [0.05, 0.1) is 22.8 Å². The van der Waals surface area contributed by atoms with Crippen LogP contribution in [0.5, 0.6) is 0 Å². The van der Waals surface area contributed by atoms with Gasteiger partial charge in [-0.1, -0.05) is 12.1 Å². The van der Waals surface area contributed by atoms with Crippen molar-refractivity contribution in [2.24, 2.45) is 0 Å². The minimum atomic E-state index is -0.535. The SMILES string of the molecule is CC(C)(C)OC(=O)NCc1c2c(nc3c1CCc1cccnc1-3)-c1ncccc1CC2. The van der Waals surface area contributed by atoms with E-state index in [-0.39, 0.29) is 0 Å². The van der Waals surface area contributed by atoms with Gasteiger partial charge < -0.3 is 10.1 Å². The highest BCUT2D eigenvalue weighted by atomic mass is 16.6. The summed E-state index contributed by atoms with van der Waals surface area (Å²) in [6.45, 7) is 6.02. The highest BCUT2D eigenvalue weighted by Gasteiger charge is 2.29. The normalized spacial score (nSPS) is 14.0. The van der Waals surface area contributed by atoms with Gasteiger partial charge in [-0.15, -0.1) is 0 Å². The molecular weight excluding hydrogens is 388 g/mol. The van der Waals surface area contributed by atoms with Crippen molar-refractivity contribution in [2.45, 2.75) is 58.6 Å². The number of alkyl carbamates (subject to hydrolysis) is 1. The molecule has 158 valence electrons. The minimum Gasteiger partial charge on any atom is -0.444 e. The Bertz CT molecular complexity index is 1110. The van der Waals surface area contributed by atoms with Gasteiger partial charge >= 0.3 is 6.09 Å². The quantitative estimate of drug-likeness (QED) is 0.671. The molecular formula is C25H26N4O2. The summed E-state index contributed by atoms with van der Waals surface area (Å²) in [5.41, 5.74) is 9.10. The van der Waals surface area contributed by atoms with Crippen LogP contribution in [0.2, 0.25) is 0 Å². The summed E-state index contributed by atoms with van der Waals surface area (Å²) in [7, 11) is 0. The molecule has 3 aromatic heterocycles. The van der Waals surface area contributed by atoms with Crippen LogP contribution < -0.4 is 5.32 Å². The number of pyridine rings is 3. The molecule has 0 atom stereocenters. The van der Waals surface area contributed by atoms with Crippen molar-refractivity contribution >= 4 is 6.09 Å². The molecule has 31 heavy (non-hydrogen) atoms. The number of ether oxygens (including phenoxy) is 1. The van der Waals surface area contributed by atoms with Gasteiger partial charge in [0.2, 0.25) is 0 Å². The molecule has 3 aromatic rings. The minimum absolute atomic E-state index is 0.407. The highest BCUT2D eigenvalue weighted by Crippen LogP contribution is 2.40. The molecule has 0 aliphatic heterocycles. The predicted molar refractivity (Wildman–Crippen MR) is 119 cm³/mol. The van der Waals surface area contributed by atoms with E-state index in [2.05, 4.69) is 27.4 Å². The first-order valence-electron chi connectivity index (χ1n) is 10.8. The smallest absolute Gasteiger partial charge is 0.407 e. The van der Waals surface area contributed by atoms with Crippen molar-refractivity contribution in [3.8, 4) is 22.8 Å². The first-order valence-corrected chi connectivity index (χ1v) is 10.8. The van der Waals surface area contributed by atoms with Gasteiger partial charge in [0.25, 0.3) is 0 Å². The molecule has 0 radical (unpaired) electrons. The molecule has 5 rings (SSSR count). The largest absolute Gasteiger partial charge is 0.444 e. The molecule has 3 heterocycles. The van der Waals surface area contributed by atoms with Crippen LogP contribution in [0.3, 0.4) is 0 Å². The summed E-state index contributed by atoms with van der Waals surface area (Å²) in [6, 6.07) is 8.20. The lowest BCUT2D eigenvalue weighted by atomic mass is 9.82. The van der Waals surface area contributed by atoms with E-state index in [4.69, 9.17) is 9.72 Å². The van der Waals surface area contributed by atoms with Crippen LogP contribution in [0.1, 0.15) is 48.6 Å². The Balaban J connectivity index is 1.63. The van der Waals surface area contributed by atoms with Crippen molar-refractivity contribution < 1.29 is 9.53 Å². The van der Waals surface area contributed by atoms with Gasteiger partial charge in [-0.25, -0.2) is 9.78 Å². The number of carbonyl (C=O) groups is 1. The monoisotopic (exact) mass is 414 g/mol. The van der Waals surface area contributed by atoms with Crippen LogP contribution in [0.4, 0.5) is 4.79 Å². The van der Waals surface area contributed by atoms with Crippen molar-refractivity contribution in [1.29, 1.82) is 0 Å². The number of rotatable bonds is 2. The Hall–Kier alpha value is -3.28. The molecule has 0 fully saturated rings. The molecule has 0 saturated heterocycles. The molecule has 6 heteroatoms. The van der Waals surface area contributed by atoms with Crippen LogP contribution in [0.25, 0.3) is 22.8 Å². The summed E-state index contributed by atoms with van der Waals surface area (Å²) in [5, 5.41) is 2.97. The van der Waals surface area contributed by atoms with Gasteiger partial charge in [0.1, 0.15) is 5.60 Å². The van der Waals surface area contributed by atoms with Crippen LogP contribution in [-0.2, 0) is 37.0 Å². The number of nitrogens with zero attached hydrogens (tertiary/aromatic N) is 3. The van der Waals surface area contributed by atoms with Gasteiger partial charge in [-0.2, -0.15) is 0 Å². The van der Waals surface area contributed by atoms with Crippen molar-refractivity contribution in [2.75, 3.05) is 0 Å². The van der Waals surface area contributed by atoms with Gasteiger partial charge in [0.15, 0.2) is 0 Å². The van der Waals surface area contributed by atoms with Gasteiger partial charge in [-0.3, -0.25) is 9.97 Å². The molecule has 6 nitrogen and oxygen atoms in total. The van der Waals surface area contributed by atoms with Crippen molar-refractivity contribution in [1.82, 2.24) is 20.3 Å². The Labute approximate surface area is 182 Å². The zero-order valence-electron chi connectivity index (χ0n) is 18.2. The molecule has 1 amide bonds. The van der Waals surface area contributed by atoms with E-state index in [1.54, 1.807) is 0 Å². The first kappa shape index (κ1) is 19.7. The highest BCUT2D eigenvalue weighted by molar-refractivity contribution is 5.76. The fourth-order valence-corrected chi connectivity index (χ4v) is 4.56. The molecule has 1 N–H and O–H groups in total. The number of amides is 1. The third-order valence-corrected chi connectivity index (χ3v) is 5.85. The van der Waals surface area contributed by atoms with E-state index in [9.17, 15) is 4.79 Å². The molecule has 0 unspecified atom stereocenters. The average Bonchev–Trinajstić information content (AvgIpc) is 2.75. The number of aryl methyl sites for hydroxylation is 2. The number of carbonyl (C=O) groups excluding carboxylic acids is 1. The first-order chi connectivity index (χ1) is 14.9. The topological polar surface area (TPSA) is 77.0 Å². The van der Waals surface area contributed by atoms with E-state index in [0.29, 0.717) is 6.54 Å². The summed E-state index contributed by atoms with van der Waals surface area (Å²) >= 11 is 0. The standard InChI is InChI=1S/C25H26N4O2/c1-25(2,3)31-24(30)28-14-19-17-10-8-15-6-4-12-26-20(15)22(17)29-23-18(19)11-9-16-7-5-13-27-21(16)23/h4-7,12-13H,8-11,14H2,1-3H3,(H,28,30). The summed E-state index contributed by atoms with van der Waals surface area (Å²) in [4.78, 5) is 26.8. The van der Waals surface area contributed by atoms with Crippen molar-refractivity contribution in [3.63, 3.8) is 0 Å². The average molecular weight is 415 g/mol. The lowest BCUT2D eigenvalue weighted by Gasteiger charge is -2.28. The number of aromatic nitrogens is 3. The zero-order chi connectivity index (χ0) is 21.6. The summed E-state index contributed by atoms with van der Waals surface area (Å²) in [5.74, 6) is 0. The van der Waals surface area contributed by atoms with E-state index < -0.39 is 11.7 Å². The Morgan fingerprint density at radius 2 is 1.45 bits per heavy atom. The number of nitrogens with one attached hydrogen (secondary N) is 1. The van der Waals surface area contributed by atoms with Crippen LogP contribution >= 0.6 is 0 Å². The second kappa shape index (κ2) is 7.45. The van der Waals surface area contributed by atoms with Crippen LogP contribution in [-0.4, -0.2) is 26.6 Å². The fourth-order valence-electron chi connectivity index (χ4n) is 4.56. The molecule has 0 bridgehead atoms. The lowest BCUT2D eigenvalue weighted by Crippen LogP contribution is -2.33. The predicted octanol–water partition coefficient (Wildman–Crippen LogP) is 4.43. The third kappa shape index (κ3) is 3.67. The van der Waals surface area contributed by atoms with Crippen molar-refractivity contribution in [3.05, 3.63) is 64.5 Å². The van der Waals surface area contributed by atoms with Gasteiger partial charge in [-0.05, 0) is 86.4 Å². The van der Waals surface area contributed by atoms with Crippen LogP contribution in [0.15, 0.2) is 36.7 Å². The lowest BCUT2D eigenvalue weighted by molar-refractivity contribution is 0.0523. The zero-order valence-corrected chi connectivity index (χ0v) is 18.2. The molecule has 0 spiro atoms. The van der Waals surface area contributed by atoms with Crippen LogP contribution in [0, 0.1) is 0 Å². The molecule has 2 aliphatic rings. The Kier molecular flexibility index (Phi) is 4.73. The van der Waals surface area contributed by atoms with Gasteiger partial charge in [0, 0.05) is 18.9 Å². The fraction of sp³-hybridized carbons (Fsp3) is 0.360. The Morgan fingerprint density at radius 3 is 1.97 bits per heavy atom. The Morgan fingerprint density at radius 1 is 0.903 bits per heavy atom. The number of fused-ring (bicyclic) bond motifs is 6.